The monoisotopic (exact) mass is 327 g/mol. The van der Waals surface area contributed by atoms with Gasteiger partial charge in [0.15, 0.2) is 0 Å². The second-order valence-corrected chi connectivity index (χ2v) is 7.68. The van der Waals surface area contributed by atoms with Gasteiger partial charge in [-0.05, 0) is 24.6 Å². The molecule has 1 rings (SSSR count). The van der Waals surface area contributed by atoms with Gasteiger partial charge in [0, 0.05) is 12.2 Å². The Morgan fingerprint density at radius 3 is 2.37 bits per heavy atom. The number of nitrogen functional groups attached to an aromatic ring is 1. The first-order valence-corrected chi connectivity index (χ1v) is 8.75. The molecule has 19 heavy (non-hydrogen) atoms. The Balaban J connectivity index is 2.71. The van der Waals surface area contributed by atoms with Crippen molar-refractivity contribution in [2.75, 3.05) is 18.0 Å². The summed E-state index contributed by atoms with van der Waals surface area (Å²) >= 11 is 5.78. The summed E-state index contributed by atoms with van der Waals surface area (Å²) < 4.78 is 47.3. The minimum atomic E-state index is -3.80. The summed E-state index contributed by atoms with van der Waals surface area (Å²) in [6.07, 6.45) is 0.0741. The molecule has 0 saturated heterocycles. The maximum Gasteiger partial charge on any atom is 0.242 e. The molecule has 0 amide bonds. The smallest absolute Gasteiger partial charge is 0.242 e. The molecule has 0 fully saturated rings. The Morgan fingerprint density at radius 1 is 1.21 bits per heavy atom. The Labute approximate surface area is 117 Å². The van der Waals surface area contributed by atoms with E-state index >= 15 is 0 Å². The summed E-state index contributed by atoms with van der Waals surface area (Å²) in [4.78, 5) is -0.112. The largest absolute Gasteiger partial charge is 0.399 e. The highest BCUT2D eigenvalue weighted by atomic mass is 35.5. The lowest BCUT2D eigenvalue weighted by molar-refractivity contribution is 0.576. The Bertz CT molecular complexity index is 658. The van der Waals surface area contributed by atoms with Crippen molar-refractivity contribution >= 4 is 37.3 Å². The molecule has 0 unspecified atom stereocenters. The Hall–Kier alpha value is -0.870. The Morgan fingerprint density at radius 2 is 1.84 bits per heavy atom. The number of anilines is 1. The average molecular weight is 328 g/mol. The van der Waals surface area contributed by atoms with Crippen LogP contribution in [0.2, 0.25) is 5.02 Å². The van der Waals surface area contributed by atoms with Gasteiger partial charge in [0.05, 0.1) is 10.8 Å². The van der Waals surface area contributed by atoms with Crippen molar-refractivity contribution in [2.45, 2.75) is 11.3 Å². The van der Waals surface area contributed by atoms with E-state index in [-0.39, 0.29) is 28.6 Å². The number of halogens is 1. The SMILES string of the molecule is Nc1ccc(S(=O)(=O)NCCCS(N)(=O)=O)c(Cl)c1. The molecule has 0 saturated carbocycles. The molecule has 0 spiro atoms. The van der Waals surface area contributed by atoms with Crippen molar-refractivity contribution in [3.8, 4) is 0 Å². The lowest BCUT2D eigenvalue weighted by Crippen LogP contribution is -2.27. The van der Waals surface area contributed by atoms with Gasteiger partial charge in [-0.3, -0.25) is 0 Å². The van der Waals surface area contributed by atoms with Crippen molar-refractivity contribution in [1.82, 2.24) is 4.72 Å². The number of hydrogen-bond donors (Lipinski definition) is 3. The van der Waals surface area contributed by atoms with Crippen molar-refractivity contribution in [3.05, 3.63) is 23.2 Å². The maximum atomic E-state index is 11.9. The van der Waals surface area contributed by atoms with E-state index in [4.69, 9.17) is 22.5 Å². The molecule has 0 aliphatic carbocycles. The molecule has 1 aromatic carbocycles. The van der Waals surface area contributed by atoms with Crippen LogP contribution in [0, 0.1) is 0 Å². The van der Waals surface area contributed by atoms with E-state index < -0.39 is 20.0 Å². The fraction of sp³-hybridized carbons (Fsp3) is 0.333. The number of sulfonamides is 2. The fourth-order valence-electron chi connectivity index (χ4n) is 1.29. The van der Waals surface area contributed by atoms with Gasteiger partial charge in [0.2, 0.25) is 20.0 Å². The topological polar surface area (TPSA) is 132 Å². The lowest BCUT2D eigenvalue weighted by atomic mass is 10.3. The van der Waals surface area contributed by atoms with Gasteiger partial charge < -0.3 is 5.73 Å². The van der Waals surface area contributed by atoms with Crippen molar-refractivity contribution in [2.24, 2.45) is 5.14 Å². The molecule has 0 aromatic heterocycles. The summed E-state index contributed by atoms with van der Waals surface area (Å²) in [6, 6.07) is 4.00. The minimum Gasteiger partial charge on any atom is -0.399 e. The van der Waals surface area contributed by atoms with Crippen molar-refractivity contribution < 1.29 is 16.8 Å². The zero-order valence-corrected chi connectivity index (χ0v) is 12.2. The Kier molecular flexibility index (Phi) is 5.16. The van der Waals surface area contributed by atoms with Crippen LogP contribution in [-0.4, -0.2) is 29.1 Å². The zero-order valence-electron chi connectivity index (χ0n) is 9.84. The van der Waals surface area contributed by atoms with Gasteiger partial charge in [-0.2, -0.15) is 0 Å². The first-order chi connectivity index (χ1) is 8.62. The van der Waals surface area contributed by atoms with Gasteiger partial charge in [-0.1, -0.05) is 11.6 Å². The molecule has 5 N–H and O–H groups in total. The highest BCUT2D eigenvalue weighted by Crippen LogP contribution is 2.23. The third-order valence-electron chi connectivity index (χ3n) is 2.14. The van der Waals surface area contributed by atoms with Crippen LogP contribution in [0.3, 0.4) is 0 Å². The third kappa shape index (κ3) is 5.33. The zero-order chi connectivity index (χ0) is 14.7. The van der Waals surface area contributed by atoms with E-state index in [1.54, 1.807) is 0 Å². The second-order valence-electron chi connectivity index (χ2n) is 3.81. The quantitative estimate of drug-likeness (QED) is 0.495. The van der Waals surface area contributed by atoms with E-state index in [0.29, 0.717) is 5.69 Å². The first-order valence-electron chi connectivity index (χ1n) is 5.17. The summed E-state index contributed by atoms with van der Waals surface area (Å²) in [6.45, 7) is -0.0561. The van der Waals surface area contributed by atoms with Crippen LogP contribution in [-0.2, 0) is 20.0 Å². The third-order valence-corrected chi connectivity index (χ3v) is 4.94. The van der Waals surface area contributed by atoms with E-state index in [1.165, 1.54) is 18.2 Å². The summed E-state index contributed by atoms with van der Waals surface area (Å²) in [7, 11) is -7.40. The molecular weight excluding hydrogens is 314 g/mol. The van der Waals surface area contributed by atoms with Crippen LogP contribution in [0.25, 0.3) is 0 Å². The molecule has 10 heteroatoms. The van der Waals surface area contributed by atoms with Crippen LogP contribution >= 0.6 is 11.6 Å². The van der Waals surface area contributed by atoms with Gasteiger partial charge in [0.1, 0.15) is 4.90 Å². The van der Waals surface area contributed by atoms with Crippen LogP contribution in [0.4, 0.5) is 5.69 Å². The lowest BCUT2D eigenvalue weighted by Gasteiger charge is -2.08. The van der Waals surface area contributed by atoms with Crippen LogP contribution < -0.4 is 15.6 Å². The second kappa shape index (κ2) is 6.06. The van der Waals surface area contributed by atoms with E-state index in [1.807, 2.05) is 0 Å². The van der Waals surface area contributed by atoms with Crippen LogP contribution in [0.1, 0.15) is 6.42 Å². The molecule has 0 radical (unpaired) electrons. The number of hydrogen-bond acceptors (Lipinski definition) is 5. The number of rotatable bonds is 6. The number of benzene rings is 1. The van der Waals surface area contributed by atoms with E-state index in [2.05, 4.69) is 4.72 Å². The van der Waals surface area contributed by atoms with Gasteiger partial charge >= 0.3 is 0 Å². The van der Waals surface area contributed by atoms with Gasteiger partial charge in [-0.15, -0.1) is 0 Å². The molecule has 0 aliphatic heterocycles. The molecule has 0 atom stereocenters. The molecule has 108 valence electrons. The van der Waals surface area contributed by atoms with Crippen molar-refractivity contribution in [1.29, 1.82) is 0 Å². The summed E-state index contributed by atoms with van der Waals surface area (Å²) in [5.74, 6) is -0.301. The van der Waals surface area contributed by atoms with Crippen molar-refractivity contribution in [3.63, 3.8) is 0 Å². The van der Waals surface area contributed by atoms with E-state index in [9.17, 15) is 16.8 Å². The molecule has 0 aliphatic rings. The molecule has 1 aromatic rings. The molecule has 0 heterocycles. The predicted molar refractivity (Wildman–Crippen MR) is 73.6 cm³/mol. The fourth-order valence-corrected chi connectivity index (χ4v) is 3.46. The summed E-state index contributed by atoms with van der Waals surface area (Å²) in [5, 5.41) is 4.80. The standard InChI is InChI=1S/C9H14ClN3O4S2/c10-8-6-7(11)2-3-9(8)19(16,17)13-4-1-5-18(12,14)15/h2-3,6,13H,1,4-5,11H2,(H2,12,14,15). The van der Waals surface area contributed by atoms with Gasteiger partial charge in [0.25, 0.3) is 0 Å². The summed E-state index contributed by atoms with van der Waals surface area (Å²) in [5.41, 5.74) is 5.81. The van der Waals surface area contributed by atoms with Crippen LogP contribution in [0.15, 0.2) is 23.1 Å². The maximum absolute atomic E-state index is 11.9. The molecular formula is C9H14ClN3O4S2. The number of nitrogens with two attached hydrogens (primary N) is 2. The van der Waals surface area contributed by atoms with Crippen LogP contribution in [0.5, 0.6) is 0 Å². The predicted octanol–water partition coefficient (Wildman–Crippen LogP) is -0.121. The normalized spacial score (nSPS) is 12.5. The highest BCUT2D eigenvalue weighted by Gasteiger charge is 2.17. The highest BCUT2D eigenvalue weighted by molar-refractivity contribution is 7.89. The number of primary sulfonamides is 1. The molecule has 7 nitrogen and oxygen atoms in total. The number of nitrogens with one attached hydrogen (secondary N) is 1. The van der Waals surface area contributed by atoms with Gasteiger partial charge in [-0.25, -0.2) is 26.7 Å². The minimum absolute atomic E-state index is 0.000976. The van der Waals surface area contributed by atoms with E-state index in [0.717, 1.165) is 0 Å². The average Bonchev–Trinajstić information content (AvgIpc) is 2.22. The molecule has 0 bridgehead atoms. The first kappa shape index (κ1) is 16.2.